The third-order valence-electron chi connectivity index (χ3n) is 3.27. The highest BCUT2D eigenvalue weighted by molar-refractivity contribution is 5.64. The molecule has 0 unspecified atom stereocenters. The minimum atomic E-state index is -0.922. The van der Waals surface area contributed by atoms with Crippen molar-refractivity contribution < 1.29 is 14.6 Å². The molecule has 1 fully saturated rings. The summed E-state index contributed by atoms with van der Waals surface area (Å²) >= 11 is 0. The van der Waals surface area contributed by atoms with Gasteiger partial charge in [-0.3, -0.25) is 0 Å². The van der Waals surface area contributed by atoms with E-state index < -0.39 is 6.09 Å². The van der Waals surface area contributed by atoms with Gasteiger partial charge in [0, 0.05) is 19.6 Å². The molecule has 5 heteroatoms. The summed E-state index contributed by atoms with van der Waals surface area (Å²) in [5.41, 5.74) is 5.99. The predicted octanol–water partition coefficient (Wildman–Crippen LogP) is 1.52. The molecule has 0 radical (unpaired) electrons. The summed E-state index contributed by atoms with van der Waals surface area (Å²) in [6.45, 7) is 4.56. The lowest BCUT2D eigenvalue weighted by molar-refractivity contribution is -0.0546. The maximum Gasteiger partial charge on any atom is 0.407 e. The highest BCUT2D eigenvalue weighted by atomic mass is 16.5. The molecule has 1 rings (SSSR count). The fourth-order valence-corrected chi connectivity index (χ4v) is 2.67. The van der Waals surface area contributed by atoms with Crippen LogP contribution in [-0.2, 0) is 4.74 Å². The molecule has 1 saturated heterocycles. The number of carboxylic acid groups (broad SMARTS) is 1. The number of nitrogens with zero attached hydrogens (tertiary/aromatic N) is 1. The van der Waals surface area contributed by atoms with Crippen LogP contribution in [0.25, 0.3) is 0 Å². The second-order valence-electron chi connectivity index (χ2n) is 5.25. The highest BCUT2D eigenvalue weighted by Crippen LogP contribution is 2.27. The first-order valence-electron chi connectivity index (χ1n) is 6.23. The number of carbonyl (C=O) groups is 1. The van der Waals surface area contributed by atoms with Gasteiger partial charge in [-0.15, -0.1) is 0 Å². The van der Waals surface area contributed by atoms with E-state index in [4.69, 9.17) is 15.6 Å². The lowest BCUT2D eigenvalue weighted by atomic mass is 9.87. The van der Waals surface area contributed by atoms with Crippen molar-refractivity contribution in [1.29, 1.82) is 0 Å². The molecule has 1 aliphatic heterocycles. The van der Waals surface area contributed by atoms with Crippen LogP contribution in [0, 0.1) is 5.92 Å². The van der Waals surface area contributed by atoms with Gasteiger partial charge in [0.05, 0.1) is 12.2 Å². The van der Waals surface area contributed by atoms with Gasteiger partial charge in [0.2, 0.25) is 0 Å². The van der Waals surface area contributed by atoms with Crippen LogP contribution in [0.4, 0.5) is 4.79 Å². The van der Waals surface area contributed by atoms with E-state index in [9.17, 15) is 4.79 Å². The Morgan fingerprint density at radius 1 is 1.47 bits per heavy atom. The Morgan fingerprint density at radius 3 is 2.47 bits per heavy atom. The smallest absolute Gasteiger partial charge is 0.407 e. The Morgan fingerprint density at radius 2 is 2.00 bits per heavy atom. The molecule has 0 aromatic rings. The van der Waals surface area contributed by atoms with Crippen molar-refractivity contribution in [3.05, 3.63) is 0 Å². The molecular formula is C12H24N2O3. The summed E-state index contributed by atoms with van der Waals surface area (Å²) < 4.78 is 5.67. The average Bonchev–Trinajstić information content (AvgIpc) is 2.14. The zero-order valence-corrected chi connectivity index (χ0v) is 10.9. The molecule has 0 aliphatic carbocycles. The monoisotopic (exact) mass is 244 g/mol. The van der Waals surface area contributed by atoms with E-state index in [0.29, 0.717) is 12.5 Å². The van der Waals surface area contributed by atoms with E-state index in [2.05, 4.69) is 13.8 Å². The van der Waals surface area contributed by atoms with E-state index >= 15 is 0 Å². The summed E-state index contributed by atoms with van der Waals surface area (Å²) in [5.74, 6) is 0.547. The molecule has 1 aliphatic rings. The zero-order chi connectivity index (χ0) is 13.0. The molecule has 17 heavy (non-hydrogen) atoms. The van der Waals surface area contributed by atoms with Crippen LogP contribution in [0.15, 0.2) is 0 Å². The van der Waals surface area contributed by atoms with E-state index in [0.717, 1.165) is 19.3 Å². The van der Waals surface area contributed by atoms with E-state index in [1.165, 1.54) is 4.90 Å². The van der Waals surface area contributed by atoms with Crippen LogP contribution >= 0.6 is 0 Å². The molecule has 3 N–H and O–H groups in total. The van der Waals surface area contributed by atoms with Gasteiger partial charge < -0.3 is 20.5 Å². The largest absolute Gasteiger partial charge is 0.465 e. The van der Waals surface area contributed by atoms with Crippen LogP contribution in [0.1, 0.15) is 33.1 Å². The molecule has 0 spiro atoms. The van der Waals surface area contributed by atoms with E-state index in [1.807, 2.05) is 0 Å². The highest BCUT2D eigenvalue weighted by Gasteiger charge is 2.26. The van der Waals surface area contributed by atoms with Crippen LogP contribution in [0.2, 0.25) is 0 Å². The lowest BCUT2D eigenvalue weighted by Gasteiger charge is -2.33. The van der Waals surface area contributed by atoms with Gasteiger partial charge in [-0.1, -0.05) is 0 Å². The van der Waals surface area contributed by atoms with Crippen molar-refractivity contribution >= 4 is 6.09 Å². The molecule has 100 valence electrons. The third-order valence-corrected chi connectivity index (χ3v) is 3.27. The van der Waals surface area contributed by atoms with Gasteiger partial charge in [-0.05, 0) is 39.0 Å². The summed E-state index contributed by atoms with van der Waals surface area (Å²) in [5, 5.41) is 8.77. The number of ether oxygens (including phenoxy) is 1. The normalized spacial score (nSPS) is 30.9. The number of amides is 1. The summed E-state index contributed by atoms with van der Waals surface area (Å²) in [6, 6.07) is -0.0846. The Balaban J connectivity index is 2.35. The summed E-state index contributed by atoms with van der Waals surface area (Å²) in [6.07, 6.45) is 2.56. The van der Waals surface area contributed by atoms with Gasteiger partial charge in [0.1, 0.15) is 0 Å². The van der Waals surface area contributed by atoms with E-state index in [1.54, 1.807) is 7.05 Å². The average molecular weight is 244 g/mol. The zero-order valence-electron chi connectivity index (χ0n) is 10.9. The molecule has 0 aromatic heterocycles. The Bertz CT molecular complexity index is 250. The first-order chi connectivity index (χ1) is 7.88. The maximum atomic E-state index is 10.7. The molecule has 1 heterocycles. The quantitative estimate of drug-likeness (QED) is 0.786. The van der Waals surface area contributed by atoms with Gasteiger partial charge in [0.15, 0.2) is 0 Å². The molecule has 5 nitrogen and oxygen atoms in total. The molecule has 1 amide bonds. The van der Waals surface area contributed by atoms with Crippen molar-refractivity contribution in [2.24, 2.45) is 11.7 Å². The predicted molar refractivity (Wildman–Crippen MR) is 66.0 cm³/mol. The summed E-state index contributed by atoms with van der Waals surface area (Å²) in [7, 11) is 1.55. The fourth-order valence-electron chi connectivity index (χ4n) is 2.67. The number of rotatable bonds is 4. The second-order valence-corrected chi connectivity index (χ2v) is 5.25. The standard InChI is InChI=1S/C12H24N2O3/c1-8-4-10(5-9(2)17-8)6-11(13)7-14(3)12(15)16/h8-11H,4-7,13H2,1-3H3,(H,15,16)/t8-,9+,10-,11-/m0/s1. The Labute approximate surface area is 103 Å². The van der Waals surface area contributed by atoms with Crippen LogP contribution < -0.4 is 5.73 Å². The number of hydrogen-bond acceptors (Lipinski definition) is 3. The van der Waals surface area contributed by atoms with E-state index in [-0.39, 0.29) is 18.2 Å². The third kappa shape index (κ3) is 4.91. The van der Waals surface area contributed by atoms with Crippen molar-refractivity contribution in [2.45, 2.75) is 51.4 Å². The molecule has 0 aromatic carbocycles. The SMILES string of the molecule is C[C@@H]1C[C@@H](C[C@H](N)CN(C)C(=O)O)C[C@H](C)O1. The second kappa shape index (κ2) is 6.21. The Kier molecular flexibility index (Phi) is 5.21. The first kappa shape index (κ1) is 14.3. The molecule has 4 atom stereocenters. The number of likely N-dealkylation sites (N-methyl/N-ethyl adjacent to an activating group) is 1. The molecule has 0 bridgehead atoms. The maximum absolute atomic E-state index is 10.7. The van der Waals surface area contributed by atoms with Crippen molar-refractivity contribution in [2.75, 3.05) is 13.6 Å². The molecular weight excluding hydrogens is 220 g/mol. The minimum Gasteiger partial charge on any atom is -0.465 e. The van der Waals surface area contributed by atoms with Gasteiger partial charge >= 0.3 is 6.09 Å². The molecule has 0 saturated carbocycles. The van der Waals surface area contributed by atoms with Gasteiger partial charge in [-0.2, -0.15) is 0 Å². The van der Waals surface area contributed by atoms with Gasteiger partial charge in [-0.25, -0.2) is 4.79 Å². The lowest BCUT2D eigenvalue weighted by Crippen LogP contribution is -2.40. The van der Waals surface area contributed by atoms with Crippen LogP contribution in [-0.4, -0.2) is 47.9 Å². The number of nitrogens with two attached hydrogens (primary N) is 1. The first-order valence-corrected chi connectivity index (χ1v) is 6.23. The van der Waals surface area contributed by atoms with Crippen molar-refractivity contribution in [1.82, 2.24) is 4.90 Å². The van der Waals surface area contributed by atoms with Gasteiger partial charge in [0.25, 0.3) is 0 Å². The fraction of sp³-hybridized carbons (Fsp3) is 0.917. The topological polar surface area (TPSA) is 75.8 Å². The van der Waals surface area contributed by atoms with Crippen LogP contribution in [0.3, 0.4) is 0 Å². The Hall–Kier alpha value is -0.810. The van der Waals surface area contributed by atoms with Crippen LogP contribution in [0.5, 0.6) is 0 Å². The summed E-state index contributed by atoms with van der Waals surface area (Å²) in [4.78, 5) is 11.9. The van der Waals surface area contributed by atoms with Crippen molar-refractivity contribution in [3.63, 3.8) is 0 Å². The minimum absolute atomic E-state index is 0.0846. The number of hydrogen-bond donors (Lipinski definition) is 2. The van der Waals surface area contributed by atoms with Crippen molar-refractivity contribution in [3.8, 4) is 0 Å².